The van der Waals surface area contributed by atoms with E-state index in [1.165, 1.54) is 0 Å². The highest BCUT2D eigenvalue weighted by Crippen LogP contribution is 2.16. The number of halogens is 3. The van der Waals surface area contributed by atoms with Crippen LogP contribution in [-0.4, -0.2) is 38.7 Å². The zero-order chi connectivity index (χ0) is 8.41. The molecular weight excluding hydrogens is 147 g/mol. The van der Waals surface area contributed by atoms with E-state index in [9.17, 15) is 13.2 Å². The molecule has 0 heterocycles. The Labute approximate surface area is 57.8 Å². The summed E-state index contributed by atoms with van der Waals surface area (Å²) in [6, 6.07) is 0. The first-order valence-corrected chi connectivity index (χ1v) is 2.72. The van der Waals surface area contributed by atoms with Crippen LogP contribution in [0.15, 0.2) is 0 Å². The Hall–Kier alpha value is -0.290. The van der Waals surface area contributed by atoms with Gasteiger partial charge in [-0.2, -0.15) is 0 Å². The summed E-state index contributed by atoms with van der Waals surface area (Å²) in [5, 5.41) is 0. The Bertz CT molecular complexity index is 90.4. The minimum absolute atomic E-state index is 0.138. The summed E-state index contributed by atoms with van der Waals surface area (Å²) < 4.78 is 37.8. The molecule has 0 spiro atoms. The normalized spacial score (nSPS) is 13.8. The Balaban J connectivity index is 3.56. The number of hydrogen-bond donors (Lipinski definition) is 0. The van der Waals surface area contributed by atoms with E-state index in [0.717, 1.165) is 0 Å². The number of hydrogen-bond acceptors (Lipinski definition) is 1. The summed E-state index contributed by atoms with van der Waals surface area (Å²) in [7, 11) is 4.85. The van der Waals surface area contributed by atoms with Gasteiger partial charge >= 0.3 is 6.36 Å². The predicted octanol–water partition coefficient (Wildman–Crippen LogP) is 1.19. The van der Waals surface area contributed by atoms with Gasteiger partial charge in [0, 0.05) is 0 Å². The molecule has 0 aromatic carbocycles. The molecule has 0 amide bonds. The quantitative estimate of drug-likeness (QED) is 0.433. The van der Waals surface area contributed by atoms with Crippen molar-refractivity contribution in [3.63, 3.8) is 0 Å². The number of rotatable bonds is 2. The van der Waals surface area contributed by atoms with E-state index in [4.69, 9.17) is 0 Å². The van der Waals surface area contributed by atoms with Crippen molar-refractivity contribution in [2.45, 2.75) is 6.36 Å². The van der Waals surface area contributed by atoms with Crippen molar-refractivity contribution < 1.29 is 22.4 Å². The summed E-state index contributed by atoms with van der Waals surface area (Å²) in [6.45, 7) is -0.358. The lowest BCUT2D eigenvalue weighted by Gasteiger charge is -2.23. The molecule has 0 aliphatic rings. The van der Waals surface area contributed by atoms with Crippen LogP contribution in [-0.2, 0) is 4.74 Å². The minimum Gasteiger partial charge on any atom is -0.308 e. The van der Waals surface area contributed by atoms with Gasteiger partial charge in [0.05, 0.1) is 21.1 Å². The van der Waals surface area contributed by atoms with Crippen LogP contribution in [0.1, 0.15) is 0 Å². The van der Waals surface area contributed by atoms with Crippen LogP contribution in [0.4, 0.5) is 13.2 Å². The summed E-state index contributed by atoms with van der Waals surface area (Å²) in [5.41, 5.74) is 0. The van der Waals surface area contributed by atoms with Gasteiger partial charge in [0.15, 0.2) is 6.73 Å². The summed E-state index contributed by atoms with van der Waals surface area (Å²) in [5.74, 6) is 0. The second-order valence-electron chi connectivity index (χ2n) is 3.01. The Morgan fingerprint density at radius 3 is 1.70 bits per heavy atom. The molecule has 0 atom stereocenters. The van der Waals surface area contributed by atoms with E-state index in [-0.39, 0.29) is 11.2 Å². The molecule has 0 aliphatic carbocycles. The largest absolute Gasteiger partial charge is 0.526 e. The van der Waals surface area contributed by atoms with Gasteiger partial charge in [-0.05, 0) is 0 Å². The predicted molar refractivity (Wildman–Crippen MR) is 30.0 cm³/mol. The molecule has 10 heavy (non-hydrogen) atoms. The van der Waals surface area contributed by atoms with Gasteiger partial charge in [0.2, 0.25) is 0 Å². The fourth-order valence-electron chi connectivity index (χ4n) is 0.267. The summed E-state index contributed by atoms with van der Waals surface area (Å²) >= 11 is 0. The lowest BCUT2D eigenvalue weighted by atomic mass is 10.7. The topological polar surface area (TPSA) is 9.23 Å². The van der Waals surface area contributed by atoms with Gasteiger partial charge in [-0.15, -0.1) is 13.2 Å². The second kappa shape index (κ2) is 2.75. The lowest BCUT2D eigenvalue weighted by Crippen LogP contribution is -2.39. The first-order valence-electron chi connectivity index (χ1n) is 2.72. The third-order valence-corrected chi connectivity index (χ3v) is 0.616. The number of ether oxygens (including phenoxy) is 1. The van der Waals surface area contributed by atoms with Crippen molar-refractivity contribution in [1.29, 1.82) is 0 Å². The molecule has 62 valence electrons. The molecular formula is C5H11F3NO+. The maximum absolute atomic E-state index is 11.4. The Morgan fingerprint density at radius 1 is 1.20 bits per heavy atom. The zero-order valence-electron chi connectivity index (χ0n) is 6.20. The lowest BCUT2D eigenvalue weighted by molar-refractivity contribution is -0.896. The first-order chi connectivity index (χ1) is 4.21. The molecule has 0 saturated carbocycles. The second-order valence-corrected chi connectivity index (χ2v) is 3.01. The smallest absolute Gasteiger partial charge is 0.308 e. The molecule has 0 N–H and O–H groups in total. The monoisotopic (exact) mass is 158 g/mol. The van der Waals surface area contributed by atoms with Gasteiger partial charge in [0.25, 0.3) is 0 Å². The number of alkyl halides is 3. The minimum atomic E-state index is -4.51. The van der Waals surface area contributed by atoms with E-state index >= 15 is 0 Å². The van der Waals surface area contributed by atoms with Crippen LogP contribution >= 0.6 is 0 Å². The van der Waals surface area contributed by atoms with E-state index in [1.54, 1.807) is 21.1 Å². The average Bonchev–Trinajstić information content (AvgIpc) is 1.57. The third-order valence-electron chi connectivity index (χ3n) is 0.616. The van der Waals surface area contributed by atoms with Crippen molar-refractivity contribution in [3.8, 4) is 0 Å². The molecule has 0 saturated heterocycles. The molecule has 0 radical (unpaired) electrons. The maximum atomic E-state index is 11.4. The van der Waals surface area contributed by atoms with E-state index in [0.29, 0.717) is 0 Å². The number of quaternary nitrogens is 1. The molecule has 0 fully saturated rings. The van der Waals surface area contributed by atoms with Gasteiger partial charge in [-0.3, -0.25) is 0 Å². The molecule has 0 rings (SSSR count). The van der Waals surface area contributed by atoms with Crippen LogP contribution in [0.25, 0.3) is 0 Å². The summed E-state index contributed by atoms with van der Waals surface area (Å²) in [4.78, 5) is 0. The molecule has 0 aliphatic heterocycles. The van der Waals surface area contributed by atoms with Crippen LogP contribution in [0.3, 0.4) is 0 Å². The fraction of sp³-hybridized carbons (Fsp3) is 1.00. The van der Waals surface area contributed by atoms with E-state index in [1.807, 2.05) is 0 Å². The van der Waals surface area contributed by atoms with Crippen molar-refractivity contribution >= 4 is 0 Å². The van der Waals surface area contributed by atoms with Crippen LogP contribution in [0.5, 0.6) is 0 Å². The van der Waals surface area contributed by atoms with Crippen LogP contribution in [0, 0.1) is 0 Å². The molecule has 2 nitrogen and oxygen atoms in total. The van der Waals surface area contributed by atoms with Gasteiger partial charge in [0.1, 0.15) is 0 Å². The third kappa shape index (κ3) is 7.71. The van der Waals surface area contributed by atoms with Gasteiger partial charge < -0.3 is 4.48 Å². The van der Waals surface area contributed by atoms with Gasteiger partial charge in [-0.25, -0.2) is 4.74 Å². The Morgan fingerprint density at radius 2 is 1.60 bits per heavy atom. The van der Waals surface area contributed by atoms with Crippen LogP contribution < -0.4 is 0 Å². The number of nitrogens with zero attached hydrogens (tertiary/aromatic N) is 1. The first kappa shape index (κ1) is 9.71. The molecule has 0 bridgehead atoms. The molecule has 0 aromatic heterocycles. The molecule has 0 aromatic rings. The van der Waals surface area contributed by atoms with E-state index in [2.05, 4.69) is 4.74 Å². The standard InChI is InChI=1S/C5H11F3NO/c1-9(2,3)4-10-5(6,7)8/h4H2,1-3H3/q+1. The van der Waals surface area contributed by atoms with Crippen molar-refractivity contribution in [2.75, 3.05) is 27.9 Å². The average molecular weight is 158 g/mol. The van der Waals surface area contributed by atoms with Crippen molar-refractivity contribution in [2.24, 2.45) is 0 Å². The Kier molecular flexibility index (Phi) is 2.67. The zero-order valence-corrected chi connectivity index (χ0v) is 6.20. The highest BCUT2D eigenvalue weighted by atomic mass is 19.4. The summed E-state index contributed by atoms with van der Waals surface area (Å²) in [6.07, 6.45) is -4.51. The fourth-order valence-corrected chi connectivity index (χ4v) is 0.267. The maximum Gasteiger partial charge on any atom is 0.526 e. The van der Waals surface area contributed by atoms with Gasteiger partial charge in [-0.1, -0.05) is 0 Å². The molecule has 5 heteroatoms. The highest BCUT2D eigenvalue weighted by molar-refractivity contribution is 4.20. The van der Waals surface area contributed by atoms with Crippen LogP contribution in [0.2, 0.25) is 0 Å². The van der Waals surface area contributed by atoms with Crippen molar-refractivity contribution in [3.05, 3.63) is 0 Å². The molecule has 0 unspecified atom stereocenters. The van der Waals surface area contributed by atoms with E-state index < -0.39 is 6.36 Å². The SMILES string of the molecule is C[N+](C)(C)COC(F)(F)F. The van der Waals surface area contributed by atoms with Crippen molar-refractivity contribution in [1.82, 2.24) is 0 Å². The highest BCUT2D eigenvalue weighted by Gasteiger charge is 2.31.